The molecule has 2 aromatic carbocycles. The molecule has 128 valence electrons. The summed E-state index contributed by atoms with van der Waals surface area (Å²) >= 11 is 1.59. The maximum absolute atomic E-state index is 12.8. The monoisotopic (exact) mass is 349 g/mol. The van der Waals surface area contributed by atoms with E-state index in [-0.39, 0.29) is 5.82 Å². The summed E-state index contributed by atoms with van der Waals surface area (Å²) in [6.45, 7) is 0.535. The second-order valence-corrected chi connectivity index (χ2v) is 5.93. The number of benzene rings is 2. The van der Waals surface area contributed by atoms with Gasteiger partial charge in [-0.05, 0) is 36.4 Å². The molecule has 5 nitrogen and oxygen atoms in total. The largest absolute Gasteiger partial charge is 0.497 e. The number of hydrogen-bond donors (Lipinski definition) is 2. The molecule has 0 fully saturated rings. The number of aliphatic imine (C=N–C) groups is 1. The zero-order valence-electron chi connectivity index (χ0n) is 13.6. The number of methoxy groups -OCH3 is 2. The summed E-state index contributed by atoms with van der Waals surface area (Å²) in [5.41, 5.74) is 6.59. The zero-order chi connectivity index (χ0) is 17.4. The first-order valence-corrected chi connectivity index (χ1v) is 8.28. The van der Waals surface area contributed by atoms with Crippen LogP contribution in [-0.2, 0) is 0 Å². The molecule has 2 aromatic rings. The zero-order valence-corrected chi connectivity index (χ0v) is 14.4. The van der Waals surface area contributed by atoms with Crippen molar-refractivity contribution in [1.82, 2.24) is 0 Å². The third-order valence-corrected chi connectivity index (χ3v) is 4.12. The lowest BCUT2D eigenvalue weighted by Crippen LogP contribution is -2.23. The molecule has 0 atom stereocenters. The van der Waals surface area contributed by atoms with Gasteiger partial charge in [0.05, 0.1) is 26.5 Å². The van der Waals surface area contributed by atoms with Crippen LogP contribution in [0.1, 0.15) is 0 Å². The third kappa shape index (κ3) is 5.34. The Labute approximate surface area is 145 Å². The predicted molar refractivity (Wildman–Crippen MR) is 96.8 cm³/mol. The lowest BCUT2D eigenvalue weighted by Gasteiger charge is -2.12. The van der Waals surface area contributed by atoms with Crippen LogP contribution in [0, 0.1) is 5.82 Å². The van der Waals surface area contributed by atoms with Crippen molar-refractivity contribution in [2.45, 2.75) is 4.90 Å². The predicted octanol–water partition coefficient (Wildman–Crippen LogP) is 3.36. The molecule has 0 unspecified atom stereocenters. The summed E-state index contributed by atoms with van der Waals surface area (Å²) in [6.07, 6.45) is 0. The summed E-state index contributed by atoms with van der Waals surface area (Å²) in [4.78, 5) is 5.27. The van der Waals surface area contributed by atoms with Crippen LogP contribution in [0.4, 0.5) is 10.1 Å². The van der Waals surface area contributed by atoms with Gasteiger partial charge < -0.3 is 20.5 Å². The number of thioether (sulfide) groups is 1. The Hall–Kier alpha value is -2.41. The highest BCUT2D eigenvalue weighted by Crippen LogP contribution is 2.28. The first-order valence-electron chi connectivity index (χ1n) is 7.29. The van der Waals surface area contributed by atoms with Crippen LogP contribution in [-0.4, -0.2) is 32.5 Å². The van der Waals surface area contributed by atoms with E-state index in [2.05, 4.69) is 10.3 Å². The molecular weight excluding hydrogens is 329 g/mol. The lowest BCUT2D eigenvalue weighted by atomic mass is 10.2. The van der Waals surface area contributed by atoms with E-state index in [4.69, 9.17) is 15.2 Å². The van der Waals surface area contributed by atoms with Crippen molar-refractivity contribution in [3.05, 3.63) is 48.3 Å². The Morgan fingerprint density at radius 1 is 1.17 bits per heavy atom. The van der Waals surface area contributed by atoms with E-state index in [1.54, 1.807) is 56.3 Å². The van der Waals surface area contributed by atoms with Crippen LogP contribution >= 0.6 is 11.8 Å². The highest BCUT2D eigenvalue weighted by atomic mass is 32.2. The lowest BCUT2D eigenvalue weighted by molar-refractivity contribution is 0.405. The smallest absolute Gasteiger partial charge is 0.193 e. The number of nitrogens with zero attached hydrogens (tertiary/aromatic N) is 1. The summed E-state index contributed by atoms with van der Waals surface area (Å²) < 4.78 is 23.3. The normalized spacial score (nSPS) is 11.2. The molecule has 0 aliphatic carbocycles. The number of rotatable bonds is 7. The number of nitrogens with two attached hydrogens (primary N) is 1. The van der Waals surface area contributed by atoms with E-state index in [0.717, 1.165) is 10.6 Å². The van der Waals surface area contributed by atoms with Crippen molar-refractivity contribution in [1.29, 1.82) is 0 Å². The highest BCUT2D eigenvalue weighted by Gasteiger charge is 2.06. The Kier molecular flexibility index (Phi) is 6.74. The Morgan fingerprint density at radius 3 is 2.58 bits per heavy atom. The van der Waals surface area contributed by atoms with E-state index in [1.165, 1.54) is 12.1 Å². The molecule has 7 heteroatoms. The third-order valence-electron chi connectivity index (χ3n) is 3.13. The molecule has 0 aliphatic heterocycles. The van der Waals surface area contributed by atoms with Gasteiger partial charge in [0.25, 0.3) is 0 Å². The van der Waals surface area contributed by atoms with Crippen molar-refractivity contribution in [3.8, 4) is 11.5 Å². The fourth-order valence-corrected chi connectivity index (χ4v) is 2.70. The fraction of sp³-hybridized carbons (Fsp3) is 0.235. The molecule has 2 rings (SSSR count). The van der Waals surface area contributed by atoms with Crippen molar-refractivity contribution >= 4 is 23.4 Å². The van der Waals surface area contributed by atoms with Crippen LogP contribution in [0.15, 0.2) is 52.4 Å². The molecular formula is C17H20FN3O2S. The van der Waals surface area contributed by atoms with Gasteiger partial charge in [-0.25, -0.2) is 4.39 Å². The van der Waals surface area contributed by atoms with Crippen molar-refractivity contribution in [2.75, 3.05) is 31.8 Å². The fourth-order valence-electron chi connectivity index (χ4n) is 1.95. The number of halogens is 1. The van der Waals surface area contributed by atoms with E-state index in [0.29, 0.717) is 29.7 Å². The van der Waals surface area contributed by atoms with Gasteiger partial charge >= 0.3 is 0 Å². The molecule has 0 amide bonds. The Balaban J connectivity index is 1.88. The standard InChI is InChI=1S/C17H20FN3O2S/c1-22-13-5-8-16(23-2)15(11-13)21-17(19)20-9-10-24-14-6-3-12(18)4-7-14/h3-8,11H,9-10H2,1-2H3,(H3,19,20,21). The first kappa shape index (κ1) is 17.9. The van der Waals surface area contributed by atoms with Gasteiger partial charge in [0.2, 0.25) is 0 Å². The topological polar surface area (TPSA) is 68.9 Å². The quantitative estimate of drug-likeness (QED) is 0.347. The summed E-state index contributed by atoms with van der Waals surface area (Å²) in [5, 5.41) is 3.01. The molecule has 3 N–H and O–H groups in total. The van der Waals surface area contributed by atoms with Gasteiger partial charge in [-0.2, -0.15) is 0 Å². The number of guanidine groups is 1. The molecule has 24 heavy (non-hydrogen) atoms. The van der Waals surface area contributed by atoms with Crippen molar-refractivity contribution in [3.63, 3.8) is 0 Å². The first-order chi connectivity index (χ1) is 11.6. The van der Waals surface area contributed by atoms with E-state index in [1.807, 2.05) is 0 Å². The minimum Gasteiger partial charge on any atom is -0.497 e. The minimum absolute atomic E-state index is 0.238. The Morgan fingerprint density at radius 2 is 1.92 bits per heavy atom. The minimum atomic E-state index is -0.238. The van der Waals surface area contributed by atoms with E-state index >= 15 is 0 Å². The average molecular weight is 349 g/mol. The summed E-state index contributed by atoms with van der Waals surface area (Å²) in [7, 11) is 3.18. The molecule has 0 spiro atoms. The van der Waals surface area contributed by atoms with Gasteiger partial charge in [-0.15, -0.1) is 11.8 Å². The number of hydrogen-bond acceptors (Lipinski definition) is 4. The molecule has 0 heterocycles. The van der Waals surface area contributed by atoms with Crippen LogP contribution in [0.5, 0.6) is 11.5 Å². The van der Waals surface area contributed by atoms with Crippen LogP contribution in [0.2, 0.25) is 0 Å². The van der Waals surface area contributed by atoms with Gasteiger partial charge in [-0.1, -0.05) is 0 Å². The SMILES string of the molecule is COc1ccc(OC)c(NC(N)=NCCSc2ccc(F)cc2)c1. The Bertz CT molecular complexity index is 693. The maximum atomic E-state index is 12.8. The number of nitrogens with one attached hydrogen (secondary N) is 1. The van der Waals surface area contributed by atoms with E-state index < -0.39 is 0 Å². The highest BCUT2D eigenvalue weighted by molar-refractivity contribution is 7.99. The molecule has 0 aliphatic rings. The van der Waals surface area contributed by atoms with Gasteiger partial charge in [0.15, 0.2) is 5.96 Å². The van der Waals surface area contributed by atoms with Gasteiger partial charge in [-0.3, -0.25) is 4.99 Å². The van der Waals surface area contributed by atoms with Crippen LogP contribution < -0.4 is 20.5 Å². The summed E-state index contributed by atoms with van der Waals surface area (Å²) in [5.74, 6) is 2.13. The molecule has 0 radical (unpaired) electrons. The molecule has 0 bridgehead atoms. The van der Waals surface area contributed by atoms with Crippen LogP contribution in [0.25, 0.3) is 0 Å². The summed E-state index contributed by atoms with van der Waals surface area (Å²) in [6, 6.07) is 11.7. The number of anilines is 1. The second-order valence-electron chi connectivity index (χ2n) is 4.76. The van der Waals surface area contributed by atoms with Gasteiger partial charge in [0, 0.05) is 16.7 Å². The molecule has 0 saturated heterocycles. The molecule has 0 aromatic heterocycles. The van der Waals surface area contributed by atoms with Crippen LogP contribution in [0.3, 0.4) is 0 Å². The van der Waals surface area contributed by atoms with Crippen molar-refractivity contribution in [2.24, 2.45) is 10.7 Å². The molecule has 0 saturated carbocycles. The maximum Gasteiger partial charge on any atom is 0.193 e. The van der Waals surface area contributed by atoms with E-state index in [9.17, 15) is 4.39 Å². The second kappa shape index (κ2) is 9.02. The average Bonchev–Trinajstić information content (AvgIpc) is 2.60. The van der Waals surface area contributed by atoms with Gasteiger partial charge in [0.1, 0.15) is 17.3 Å². The number of ether oxygens (including phenoxy) is 2. The van der Waals surface area contributed by atoms with Crippen molar-refractivity contribution < 1.29 is 13.9 Å².